The molecule has 0 radical (unpaired) electrons. The molecule has 1 saturated carbocycles. The first-order chi connectivity index (χ1) is 8.18. The quantitative estimate of drug-likeness (QED) is 0.834. The molecule has 0 unspecified atom stereocenters. The van der Waals surface area contributed by atoms with E-state index in [2.05, 4.69) is 12.2 Å². The number of carbonyl (C=O) groups is 1. The van der Waals surface area contributed by atoms with Crippen molar-refractivity contribution in [2.75, 3.05) is 0 Å². The maximum atomic E-state index is 13.7. The maximum absolute atomic E-state index is 13.7. The minimum atomic E-state index is -0.420. The maximum Gasteiger partial charge on any atom is 0.220 e. The Morgan fingerprint density at radius 3 is 2.71 bits per heavy atom. The van der Waals surface area contributed by atoms with E-state index >= 15 is 0 Å². The van der Waals surface area contributed by atoms with Gasteiger partial charge in [-0.15, -0.1) is 0 Å². The van der Waals surface area contributed by atoms with Gasteiger partial charge in [0.25, 0.3) is 0 Å². The van der Waals surface area contributed by atoms with Crippen LogP contribution < -0.4 is 5.32 Å². The predicted molar refractivity (Wildman–Crippen MR) is 65.0 cm³/mol. The fourth-order valence-electron chi connectivity index (χ4n) is 2.10. The predicted octanol–water partition coefficient (Wildman–Crippen LogP) is 3.12. The minimum Gasteiger partial charge on any atom is -0.346 e. The third-order valence-corrected chi connectivity index (χ3v) is 3.28. The molecule has 0 bridgehead atoms. The first-order valence-corrected chi connectivity index (χ1v) is 6.24. The molecule has 1 N–H and O–H groups in total. The monoisotopic (exact) mass is 235 g/mol. The van der Waals surface area contributed by atoms with Crippen molar-refractivity contribution >= 4 is 5.91 Å². The van der Waals surface area contributed by atoms with Crippen molar-refractivity contribution in [2.45, 2.75) is 44.6 Å². The first-order valence-electron chi connectivity index (χ1n) is 6.24. The van der Waals surface area contributed by atoms with E-state index in [4.69, 9.17) is 0 Å². The molecule has 0 aliphatic heterocycles. The lowest BCUT2D eigenvalue weighted by molar-refractivity contribution is -0.122. The van der Waals surface area contributed by atoms with Gasteiger partial charge in [-0.25, -0.2) is 4.39 Å². The largest absolute Gasteiger partial charge is 0.346 e. The average Bonchev–Trinajstić information content (AvgIpc) is 3.07. The summed E-state index contributed by atoms with van der Waals surface area (Å²) in [6.45, 7) is 2.05. The number of hydrogen-bond acceptors (Lipinski definition) is 1. The number of unbranched alkanes of at least 4 members (excludes halogenated alkanes) is 1. The SMILES string of the molecule is CCCCC(=O)NC1(c2ccccc2F)CC1. The van der Waals surface area contributed by atoms with Crippen LogP contribution >= 0.6 is 0 Å². The van der Waals surface area contributed by atoms with E-state index in [9.17, 15) is 9.18 Å². The normalized spacial score (nSPS) is 16.6. The molecule has 1 aromatic carbocycles. The topological polar surface area (TPSA) is 29.1 Å². The number of rotatable bonds is 5. The number of hydrogen-bond donors (Lipinski definition) is 1. The minimum absolute atomic E-state index is 0.0348. The van der Waals surface area contributed by atoms with Gasteiger partial charge in [-0.3, -0.25) is 4.79 Å². The van der Waals surface area contributed by atoms with Crippen LogP contribution in [0.25, 0.3) is 0 Å². The van der Waals surface area contributed by atoms with Crippen LogP contribution in [0.3, 0.4) is 0 Å². The summed E-state index contributed by atoms with van der Waals surface area (Å²) in [5, 5.41) is 2.98. The first kappa shape index (κ1) is 12.1. The van der Waals surface area contributed by atoms with Gasteiger partial charge in [-0.1, -0.05) is 31.5 Å². The second kappa shape index (κ2) is 4.86. The molecule has 0 aromatic heterocycles. The van der Waals surface area contributed by atoms with Crippen LogP contribution in [0.5, 0.6) is 0 Å². The highest BCUT2D eigenvalue weighted by Crippen LogP contribution is 2.46. The summed E-state index contributed by atoms with van der Waals surface area (Å²) < 4.78 is 13.7. The second-order valence-corrected chi connectivity index (χ2v) is 4.71. The van der Waals surface area contributed by atoms with E-state index in [1.807, 2.05) is 6.07 Å². The summed E-state index contributed by atoms with van der Waals surface area (Å²) in [4.78, 5) is 11.7. The highest BCUT2D eigenvalue weighted by Gasteiger charge is 2.46. The van der Waals surface area contributed by atoms with Crippen LogP contribution in [0.1, 0.15) is 44.6 Å². The molecule has 3 heteroatoms. The molecule has 17 heavy (non-hydrogen) atoms. The van der Waals surface area contributed by atoms with Crippen LogP contribution in [0, 0.1) is 5.82 Å². The van der Waals surface area contributed by atoms with Crippen molar-refractivity contribution in [2.24, 2.45) is 0 Å². The average molecular weight is 235 g/mol. The Bertz CT molecular complexity index is 412. The number of nitrogens with one attached hydrogen (secondary N) is 1. The van der Waals surface area contributed by atoms with Gasteiger partial charge < -0.3 is 5.32 Å². The number of halogens is 1. The summed E-state index contributed by atoms with van der Waals surface area (Å²) in [6.07, 6.45) is 4.10. The van der Waals surface area contributed by atoms with Gasteiger partial charge in [-0.05, 0) is 25.3 Å². The van der Waals surface area contributed by atoms with Gasteiger partial charge >= 0.3 is 0 Å². The smallest absolute Gasteiger partial charge is 0.220 e. The Labute approximate surface area is 101 Å². The summed E-state index contributed by atoms with van der Waals surface area (Å²) in [5.41, 5.74) is 0.209. The zero-order valence-electron chi connectivity index (χ0n) is 10.1. The molecule has 0 spiro atoms. The van der Waals surface area contributed by atoms with Crippen LogP contribution in [0.2, 0.25) is 0 Å². The highest BCUT2D eigenvalue weighted by molar-refractivity contribution is 5.77. The molecule has 2 rings (SSSR count). The Kier molecular flexibility index (Phi) is 3.46. The fraction of sp³-hybridized carbons (Fsp3) is 0.500. The number of amides is 1. The van der Waals surface area contributed by atoms with E-state index < -0.39 is 5.54 Å². The van der Waals surface area contributed by atoms with Crippen LogP contribution in [-0.2, 0) is 10.3 Å². The molecule has 1 aromatic rings. The molecular formula is C14H18FNO. The third kappa shape index (κ3) is 2.65. The molecule has 1 aliphatic carbocycles. The Balaban J connectivity index is 2.05. The van der Waals surface area contributed by atoms with Crippen LogP contribution in [-0.4, -0.2) is 5.91 Å². The van der Waals surface area contributed by atoms with Crippen molar-refractivity contribution in [3.8, 4) is 0 Å². The van der Waals surface area contributed by atoms with Crippen LogP contribution in [0.15, 0.2) is 24.3 Å². The van der Waals surface area contributed by atoms with Gasteiger partial charge in [0, 0.05) is 12.0 Å². The highest BCUT2D eigenvalue weighted by atomic mass is 19.1. The number of carbonyl (C=O) groups excluding carboxylic acids is 1. The van der Waals surface area contributed by atoms with Gasteiger partial charge in [0.2, 0.25) is 5.91 Å². The molecule has 1 aliphatic rings. The van der Waals surface area contributed by atoms with Gasteiger partial charge in [0.05, 0.1) is 5.54 Å². The van der Waals surface area contributed by atoms with Crippen molar-refractivity contribution in [1.29, 1.82) is 0 Å². The van der Waals surface area contributed by atoms with Crippen molar-refractivity contribution in [3.05, 3.63) is 35.6 Å². The molecule has 0 heterocycles. The molecule has 2 nitrogen and oxygen atoms in total. The lowest BCUT2D eigenvalue weighted by Crippen LogP contribution is -2.35. The van der Waals surface area contributed by atoms with Gasteiger partial charge in [-0.2, -0.15) is 0 Å². The zero-order chi connectivity index (χ0) is 12.3. The molecular weight excluding hydrogens is 217 g/mol. The standard InChI is InChI=1S/C14H18FNO/c1-2-3-8-13(17)16-14(9-10-14)11-6-4-5-7-12(11)15/h4-7H,2-3,8-10H2,1H3,(H,16,17). The van der Waals surface area contributed by atoms with Crippen molar-refractivity contribution in [1.82, 2.24) is 5.32 Å². The summed E-state index contributed by atoms with van der Waals surface area (Å²) >= 11 is 0. The van der Waals surface area contributed by atoms with E-state index in [1.165, 1.54) is 6.07 Å². The van der Waals surface area contributed by atoms with E-state index in [-0.39, 0.29) is 11.7 Å². The van der Waals surface area contributed by atoms with E-state index in [1.54, 1.807) is 12.1 Å². The summed E-state index contributed by atoms with van der Waals surface area (Å²) in [7, 11) is 0. The van der Waals surface area contributed by atoms with Gasteiger partial charge in [0.15, 0.2) is 0 Å². The molecule has 1 amide bonds. The zero-order valence-corrected chi connectivity index (χ0v) is 10.1. The lowest BCUT2D eigenvalue weighted by Gasteiger charge is -2.18. The third-order valence-electron chi connectivity index (χ3n) is 3.28. The molecule has 1 fully saturated rings. The molecule has 0 saturated heterocycles. The second-order valence-electron chi connectivity index (χ2n) is 4.71. The van der Waals surface area contributed by atoms with Crippen molar-refractivity contribution < 1.29 is 9.18 Å². The lowest BCUT2D eigenvalue weighted by atomic mass is 10.0. The molecule has 92 valence electrons. The number of benzene rings is 1. The Morgan fingerprint density at radius 1 is 1.41 bits per heavy atom. The van der Waals surface area contributed by atoms with E-state index in [0.717, 1.165) is 25.7 Å². The fourth-order valence-corrected chi connectivity index (χ4v) is 2.10. The Hall–Kier alpha value is -1.38. The van der Waals surface area contributed by atoms with Gasteiger partial charge in [0.1, 0.15) is 5.82 Å². The summed E-state index contributed by atoms with van der Waals surface area (Å²) in [6, 6.07) is 6.71. The summed E-state index contributed by atoms with van der Waals surface area (Å²) in [5.74, 6) is -0.187. The van der Waals surface area contributed by atoms with Crippen molar-refractivity contribution in [3.63, 3.8) is 0 Å². The van der Waals surface area contributed by atoms with Crippen LogP contribution in [0.4, 0.5) is 4.39 Å². The molecule has 0 atom stereocenters. The van der Waals surface area contributed by atoms with E-state index in [0.29, 0.717) is 12.0 Å². The Morgan fingerprint density at radius 2 is 2.12 bits per heavy atom.